The van der Waals surface area contributed by atoms with Gasteiger partial charge in [-0.25, -0.2) is 5.10 Å². The summed E-state index contributed by atoms with van der Waals surface area (Å²) < 4.78 is 10.7. The Bertz CT molecular complexity index is 1110. The molecule has 0 bridgehead atoms. The summed E-state index contributed by atoms with van der Waals surface area (Å²) in [5, 5.41) is 10.9. The zero-order chi connectivity index (χ0) is 19.7. The molecule has 1 amide bonds. The molecule has 1 atom stereocenters. The standard InChI is InChI=1S/C21H21N3O4/c1-27-18-9-12-7-8-16(15(12)10-19(18)28-2)22-20(25)11-17-13-5-3-4-6-14(13)21(26)24-23-17/h3-6,9-10,16H,7-8,11H2,1-2H3,(H,22,25)(H,24,26)/t16-/m0/s1. The Kier molecular flexibility index (Phi) is 4.73. The molecule has 0 saturated carbocycles. The normalized spacial score (nSPS) is 15.3. The zero-order valence-electron chi connectivity index (χ0n) is 15.7. The number of benzene rings is 2. The number of methoxy groups -OCH3 is 2. The number of nitrogens with zero attached hydrogens (tertiary/aromatic N) is 1. The second kappa shape index (κ2) is 7.34. The number of amides is 1. The minimum Gasteiger partial charge on any atom is -0.493 e. The third kappa shape index (κ3) is 3.19. The van der Waals surface area contributed by atoms with Crippen LogP contribution < -0.4 is 20.3 Å². The Hall–Kier alpha value is -3.35. The average molecular weight is 379 g/mol. The number of aryl methyl sites for hydroxylation is 1. The first-order valence-electron chi connectivity index (χ1n) is 9.11. The number of H-pyrrole nitrogens is 1. The first kappa shape index (κ1) is 18.0. The maximum Gasteiger partial charge on any atom is 0.272 e. The van der Waals surface area contributed by atoms with Crippen LogP contribution in [0.3, 0.4) is 0 Å². The number of nitrogens with one attached hydrogen (secondary N) is 2. The van der Waals surface area contributed by atoms with Gasteiger partial charge < -0.3 is 14.8 Å². The molecule has 1 aromatic heterocycles. The van der Waals surface area contributed by atoms with Crippen LogP contribution in [0.4, 0.5) is 0 Å². The van der Waals surface area contributed by atoms with Gasteiger partial charge in [-0.3, -0.25) is 9.59 Å². The lowest BCUT2D eigenvalue weighted by Crippen LogP contribution is -2.29. The van der Waals surface area contributed by atoms with Gasteiger partial charge in [0.25, 0.3) is 5.56 Å². The van der Waals surface area contributed by atoms with Crippen LogP contribution in [0.5, 0.6) is 11.5 Å². The summed E-state index contributed by atoms with van der Waals surface area (Å²) in [5.74, 6) is 1.20. The third-order valence-corrected chi connectivity index (χ3v) is 5.16. The van der Waals surface area contributed by atoms with E-state index >= 15 is 0 Å². The van der Waals surface area contributed by atoms with E-state index in [2.05, 4.69) is 15.5 Å². The maximum absolute atomic E-state index is 12.7. The lowest BCUT2D eigenvalue weighted by Gasteiger charge is -2.16. The van der Waals surface area contributed by atoms with Gasteiger partial charge in [0.1, 0.15) is 0 Å². The highest BCUT2D eigenvalue weighted by atomic mass is 16.5. The van der Waals surface area contributed by atoms with Crippen LogP contribution in [0, 0.1) is 0 Å². The van der Waals surface area contributed by atoms with E-state index in [1.165, 1.54) is 0 Å². The summed E-state index contributed by atoms with van der Waals surface area (Å²) >= 11 is 0. The molecule has 4 rings (SSSR count). The van der Waals surface area contributed by atoms with Crippen molar-refractivity contribution in [3.63, 3.8) is 0 Å². The summed E-state index contributed by atoms with van der Waals surface area (Å²) in [6.07, 6.45) is 1.77. The number of carbonyl (C=O) groups excluding carboxylic acids is 1. The van der Waals surface area contributed by atoms with Gasteiger partial charge >= 0.3 is 0 Å². The summed E-state index contributed by atoms with van der Waals surface area (Å²) in [4.78, 5) is 24.6. The number of fused-ring (bicyclic) bond motifs is 2. The van der Waals surface area contributed by atoms with Crippen molar-refractivity contribution >= 4 is 16.7 Å². The van der Waals surface area contributed by atoms with Crippen molar-refractivity contribution in [3.8, 4) is 11.5 Å². The topological polar surface area (TPSA) is 93.3 Å². The van der Waals surface area contributed by atoms with Crippen LogP contribution in [0.2, 0.25) is 0 Å². The van der Waals surface area contributed by atoms with Gasteiger partial charge in [-0.2, -0.15) is 5.10 Å². The smallest absolute Gasteiger partial charge is 0.272 e. The average Bonchev–Trinajstić information content (AvgIpc) is 3.10. The molecule has 0 spiro atoms. The molecule has 2 N–H and O–H groups in total. The Morgan fingerprint density at radius 3 is 2.64 bits per heavy atom. The second-order valence-corrected chi connectivity index (χ2v) is 6.79. The number of aromatic nitrogens is 2. The minimum atomic E-state index is -0.259. The monoisotopic (exact) mass is 379 g/mol. The molecule has 7 nitrogen and oxygen atoms in total. The van der Waals surface area contributed by atoms with E-state index in [0.717, 1.165) is 24.0 Å². The van der Waals surface area contributed by atoms with E-state index in [4.69, 9.17) is 9.47 Å². The highest BCUT2D eigenvalue weighted by Crippen LogP contribution is 2.39. The van der Waals surface area contributed by atoms with Crippen LogP contribution >= 0.6 is 0 Å². The quantitative estimate of drug-likeness (QED) is 0.709. The molecule has 3 aromatic rings. The van der Waals surface area contributed by atoms with Crippen LogP contribution in [0.25, 0.3) is 10.8 Å². The molecule has 1 heterocycles. The minimum absolute atomic E-state index is 0.0867. The predicted octanol–water partition coefficient (Wildman–Crippen LogP) is 2.29. The van der Waals surface area contributed by atoms with E-state index in [1.807, 2.05) is 24.3 Å². The second-order valence-electron chi connectivity index (χ2n) is 6.79. The first-order valence-corrected chi connectivity index (χ1v) is 9.11. The molecule has 1 aliphatic carbocycles. The number of rotatable bonds is 5. The van der Waals surface area contributed by atoms with Crippen LogP contribution in [-0.2, 0) is 17.6 Å². The Labute approximate surface area is 161 Å². The van der Waals surface area contributed by atoms with E-state index in [9.17, 15) is 9.59 Å². The number of hydrogen-bond donors (Lipinski definition) is 2. The van der Waals surface area contributed by atoms with Gasteiger partial charge in [-0.1, -0.05) is 18.2 Å². The Morgan fingerprint density at radius 2 is 1.89 bits per heavy atom. The molecule has 0 fully saturated rings. The Balaban J connectivity index is 1.55. The first-order chi connectivity index (χ1) is 13.6. The van der Waals surface area contributed by atoms with E-state index in [0.29, 0.717) is 28.0 Å². The highest BCUT2D eigenvalue weighted by Gasteiger charge is 2.26. The molecular formula is C21H21N3O4. The molecule has 0 saturated heterocycles. The largest absolute Gasteiger partial charge is 0.493 e. The molecule has 7 heteroatoms. The number of ether oxygens (including phenoxy) is 2. The van der Waals surface area contributed by atoms with Crippen LogP contribution in [-0.4, -0.2) is 30.3 Å². The summed E-state index contributed by atoms with van der Waals surface area (Å²) in [7, 11) is 3.21. The van der Waals surface area contributed by atoms with Gasteiger partial charge in [-0.05, 0) is 42.2 Å². The fourth-order valence-electron chi connectivity index (χ4n) is 3.79. The number of carbonyl (C=O) groups is 1. The van der Waals surface area contributed by atoms with Gasteiger partial charge in [0, 0.05) is 5.39 Å². The highest BCUT2D eigenvalue weighted by molar-refractivity contribution is 5.88. The molecular weight excluding hydrogens is 358 g/mol. The molecule has 1 aliphatic rings. The van der Waals surface area contributed by atoms with E-state index in [1.54, 1.807) is 26.4 Å². The van der Waals surface area contributed by atoms with Crippen molar-refractivity contribution in [2.24, 2.45) is 0 Å². The van der Waals surface area contributed by atoms with Crippen molar-refractivity contribution in [2.75, 3.05) is 14.2 Å². The predicted molar refractivity (Wildman–Crippen MR) is 105 cm³/mol. The van der Waals surface area contributed by atoms with Crippen molar-refractivity contribution in [1.29, 1.82) is 0 Å². The van der Waals surface area contributed by atoms with Gasteiger partial charge in [0.15, 0.2) is 11.5 Å². The number of hydrogen-bond acceptors (Lipinski definition) is 5. The van der Waals surface area contributed by atoms with Crippen LogP contribution in [0.1, 0.15) is 29.3 Å². The van der Waals surface area contributed by atoms with Gasteiger partial charge in [-0.15, -0.1) is 0 Å². The SMILES string of the molecule is COc1cc2c(cc1OC)[C@@H](NC(=O)Cc1n[nH]c(=O)c3ccccc13)CC2. The van der Waals surface area contributed by atoms with Crippen molar-refractivity contribution in [3.05, 3.63) is 63.6 Å². The molecule has 144 valence electrons. The fourth-order valence-corrected chi connectivity index (χ4v) is 3.79. The summed E-state index contributed by atoms with van der Waals surface area (Å²) in [6, 6.07) is 11.0. The molecule has 0 unspecified atom stereocenters. The lowest BCUT2D eigenvalue weighted by atomic mass is 10.1. The molecule has 0 radical (unpaired) electrons. The fraction of sp³-hybridized carbons (Fsp3) is 0.286. The number of aromatic amines is 1. The van der Waals surface area contributed by atoms with E-state index < -0.39 is 0 Å². The van der Waals surface area contributed by atoms with Crippen LogP contribution in [0.15, 0.2) is 41.2 Å². The van der Waals surface area contributed by atoms with Crippen molar-refractivity contribution in [1.82, 2.24) is 15.5 Å². The van der Waals surface area contributed by atoms with Crippen molar-refractivity contribution in [2.45, 2.75) is 25.3 Å². The molecule has 28 heavy (non-hydrogen) atoms. The summed E-state index contributed by atoms with van der Waals surface area (Å²) in [5.41, 5.74) is 2.49. The lowest BCUT2D eigenvalue weighted by molar-refractivity contribution is -0.121. The zero-order valence-corrected chi connectivity index (χ0v) is 15.7. The van der Waals surface area contributed by atoms with Crippen molar-refractivity contribution < 1.29 is 14.3 Å². The van der Waals surface area contributed by atoms with Gasteiger partial charge in [0.05, 0.1) is 37.8 Å². The molecule has 2 aromatic carbocycles. The summed E-state index contributed by atoms with van der Waals surface area (Å²) in [6.45, 7) is 0. The maximum atomic E-state index is 12.7. The molecule has 0 aliphatic heterocycles. The van der Waals surface area contributed by atoms with Gasteiger partial charge in [0.2, 0.25) is 5.91 Å². The Morgan fingerprint density at radius 1 is 1.18 bits per heavy atom. The third-order valence-electron chi connectivity index (χ3n) is 5.16. The van der Waals surface area contributed by atoms with E-state index in [-0.39, 0.29) is 23.9 Å².